The first kappa shape index (κ1) is 20.9. The Morgan fingerprint density at radius 2 is 2.15 bits per heavy atom. The zero-order valence-corrected chi connectivity index (χ0v) is 16.6. The smallest absolute Gasteiger partial charge is 0.409 e. The maximum absolute atomic E-state index is 12.2. The molecule has 9 nitrogen and oxygen atoms in total. The van der Waals surface area contributed by atoms with Crippen LogP contribution in [-0.4, -0.2) is 59.3 Å². The summed E-state index contributed by atoms with van der Waals surface area (Å²) in [5.74, 6) is -1.04. The number of nitrogens with zero attached hydrogens (tertiary/aromatic N) is 3. The van der Waals surface area contributed by atoms with Gasteiger partial charge in [-0.1, -0.05) is 29.3 Å². The predicted molar refractivity (Wildman–Crippen MR) is 102 cm³/mol. The molecule has 1 unspecified atom stereocenters. The average molecular weight is 444 g/mol. The Morgan fingerprint density at radius 1 is 1.41 bits per heavy atom. The number of aliphatic carboxylic acids is 1. The molecule has 1 N–H and O–H groups in total. The summed E-state index contributed by atoms with van der Waals surface area (Å²) in [6.45, 7) is 3.00. The highest BCUT2D eigenvalue weighted by Gasteiger charge is 2.34. The Kier molecular flexibility index (Phi) is 7.40. The van der Waals surface area contributed by atoms with Crippen molar-refractivity contribution in [3.05, 3.63) is 32.8 Å². The van der Waals surface area contributed by atoms with E-state index in [1.54, 1.807) is 17.0 Å². The van der Waals surface area contributed by atoms with Crippen molar-refractivity contribution in [1.82, 2.24) is 4.90 Å². The van der Waals surface area contributed by atoms with E-state index >= 15 is 0 Å². The number of carboxylic acids is 1. The largest absolute Gasteiger partial charge is 0.481 e. The van der Waals surface area contributed by atoms with Gasteiger partial charge in [-0.25, -0.2) is 4.79 Å². The van der Waals surface area contributed by atoms with Gasteiger partial charge in [-0.2, -0.15) is 0 Å². The molecule has 0 bridgehead atoms. The van der Waals surface area contributed by atoms with Crippen molar-refractivity contribution in [2.24, 2.45) is 0 Å². The van der Waals surface area contributed by atoms with Crippen molar-refractivity contribution in [3.63, 3.8) is 0 Å². The van der Waals surface area contributed by atoms with Crippen molar-refractivity contribution >= 4 is 39.4 Å². The van der Waals surface area contributed by atoms with E-state index in [1.807, 2.05) is 6.92 Å². The van der Waals surface area contributed by atoms with E-state index in [1.165, 1.54) is 11.0 Å². The minimum absolute atomic E-state index is 0.104. The summed E-state index contributed by atoms with van der Waals surface area (Å²) in [7, 11) is 0. The molecule has 148 valence electrons. The maximum atomic E-state index is 12.2. The van der Waals surface area contributed by atoms with E-state index in [4.69, 9.17) is 4.74 Å². The Bertz CT molecular complexity index is 714. The van der Waals surface area contributed by atoms with Crippen LogP contribution in [0.25, 0.3) is 0 Å². The second-order valence-electron chi connectivity index (χ2n) is 6.25. The van der Waals surface area contributed by atoms with Crippen molar-refractivity contribution < 1.29 is 24.4 Å². The summed E-state index contributed by atoms with van der Waals surface area (Å²) in [4.78, 5) is 37.6. The summed E-state index contributed by atoms with van der Waals surface area (Å²) in [6.07, 6.45) is 0.925. The van der Waals surface area contributed by atoms with E-state index in [0.717, 1.165) is 12.8 Å². The third kappa shape index (κ3) is 5.56. The zero-order chi connectivity index (χ0) is 20.0. The Morgan fingerprint density at radius 3 is 2.78 bits per heavy atom. The van der Waals surface area contributed by atoms with Crippen LogP contribution in [0.15, 0.2) is 22.7 Å². The molecule has 0 aromatic heterocycles. The van der Waals surface area contributed by atoms with Crippen molar-refractivity contribution in [3.8, 4) is 0 Å². The number of hydrogen-bond donors (Lipinski definition) is 1. The van der Waals surface area contributed by atoms with Gasteiger partial charge in [0.25, 0.3) is 5.69 Å². The number of carboxylic acid groups (broad SMARTS) is 1. The SMILES string of the molecule is CCCCOC(=O)N1CCN(c2cc(Br)ccc2[N+](=O)[O-])C(CC(=O)O)C1. The number of rotatable bonds is 7. The number of amides is 1. The van der Waals surface area contributed by atoms with E-state index in [9.17, 15) is 24.8 Å². The van der Waals surface area contributed by atoms with E-state index < -0.39 is 23.0 Å². The molecular formula is C17H22BrN3O6. The number of ether oxygens (including phenoxy) is 1. The molecule has 1 saturated heterocycles. The number of halogens is 1. The molecule has 1 heterocycles. The second-order valence-corrected chi connectivity index (χ2v) is 7.16. The first-order chi connectivity index (χ1) is 12.8. The Balaban J connectivity index is 2.23. The average Bonchev–Trinajstić information content (AvgIpc) is 2.61. The molecule has 1 amide bonds. The fourth-order valence-corrected chi connectivity index (χ4v) is 3.34. The topological polar surface area (TPSA) is 113 Å². The van der Waals surface area contributed by atoms with E-state index in [2.05, 4.69) is 15.9 Å². The molecular weight excluding hydrogens is 422 g/mol. The fraction of sp³-hybridized carbons (Fsp3) is 0.529. The fourth-order valence-electron chi connectivity index (χ4n) is 2.99. The summed E-state index contributed by atoms with van der Waals surface area (Å²) < 4.78 is 5.85. The minimum atomic E-state index is -1.04. The second kappa shape index (κ2) is 9.54. The molecule has 0 aliphatic carbocycles. The number of benzene rings is 1. The number of nitro groups is 1. The van der Waals surface area contributed by atoms with Crippen LogP contribution in [0.3, 0.4) is 0 Å². The standard InChI is InChI=1S/C17H22BrN3O6/c1-2-3-8-27-17(24)19-6-7-20(13(11-19)10-16(22)23)15-9-12(18)4-5-14(15)21(25)26/h4-5,9,13H,2-3,6-8,10-11H2,1H3,(H,22,23). The molecule has 10 heteroatoms. The van der Waals surface area contributed by atoms with Gasteiger partial charge in [0, 0.05) is 30.2 Å². The highest BCUT2D eigenvalue weighted by atomic mass is 79.9. The van der Waals surface area contributed by atoms with Crippen LogP contribution in [0, 0.1) is 10.1 Å². The number of carbonyl (C=O) groups excluding carboxylic acids is 1. The van der Waals surface area contributed by atoms with Gasteiger partial charge in [-0.05, 0) is 18.6 Å². The normalized spacial score (nSPS) is 16.9. The van der Waals surface area contributed by atoms with Crippen molar-refractivity contribution in [1.29, 1.82) is 0 Å². The van der Waals surface area contributed by atoms with Crippen LogP contribution >= 0.6 is 15.9 Å². The third-order valence-corrected chi connectivity index (χ3v) is 4.81. The monoisotopic (exact) mass is 443 g/mol. The molecule has 1 aromatic carbocycles. The van der Waals surface area contributed by atoms with Gasteiger partial charge < -0.3 is 19.6 Å². The lowest BCUT2D eigenvalue weighted by atomic mass is 10.1. The molecule has 0 spiro atoms. The van der Waals surface area contributed by atoms with Gasteiger partial charge in [0.1, 0.15) is 5.69 Å². The van der Waals surface area contributed by atoms with Crippen LogP contribution in [-0.2, 0) is 9.53 Å². The number of nitro benzene ring substituents is 1. The van der Waals surface area contributed by atoms with Gasteiger partial charge in [0.2, 0.25) is 0 Å². The lowest BCUT2D eigenvalue weighted by Crippen LogP contribution is -2.55. The number of piperazine rings is 1. The molecule has 2 rings (SSSR count). The van der Waals surface area contributed by atoms with Gasteiger partial charge >= 0.3 is 12.1 Å². The Labute approximate surface area is 165 Å². The summed E-state index contributed by atoms with van der Waals surface area (Å²) in [5.41, 5.74) is 0.229. The molecule has 0 radical (unpaired) electrons. The lowest BCUT2D eigenvalue weighted by molar-refractivity contribution is -0.384. The molecule has 1 fully saturated rings. The van der Waals surface area contributed by atoms with Crippen LogP contribution in [0.2, 0.25) is 0 Å². The van der Waals surface area contributed by atoms with E-state index in [-0.39, 0.29) is 25.2 Å². The maximum Gasteiger partial charge on any atom is 0.409 e. The summed E-state index contributed by atoms with van der Waals surface area (Å²) in [5, 5.41) is 20.6. The first-order valence-corrected chi connectivity index (χ1v) is 9.46. The van der Waals surface area contributed by atoms with E-state index in [0.29, 0.717) is 23.3 Å². The lowest BCUT2D eigenvalue weighted by Gasteiger charge is -2.41. The number of hydrogen-bond acceptors (Lipinski definition) is 6. The Hall–Kier alpha value is -2.36. The molecule has 1 atom stereocenters. The summed E-state index contributed by atoms with van der Waals surface area (Å²) >= 11 is 3.30. The highest BCUT2D eigenvalue weighted by molar-refractivity contribution is 9.10. The van der Waals surface area contributed by atoms with Gasteiger partial charge in [-0.15, -0.1) is 0 Å². The van der Waals surface area contributed by atoms with Gasteiger partial charge in [-0.3, -0.25) is 14.9 Å². The van der Waals surface area contributed by atoms with Gasteiger partial charge in [0.05, 0.1) is 24.0 Å². The predicted octanol–water partition coefficient (Wildman–Crippen LogP) is 3.26. The number of unbranched alkanes of at least 4 members (excludes halogenated alkanes) is 1. The molecule has 1 aliphatic heterocycles. The molecule has 1 aliphatic rings. The van der Waals surface area contributed by atoms with Crippen LogP contribution in [0.5, 0.6) is 0 Å². The molecule has 1 aromatic rings. The number of anilines is 1. The van der Waals surface area contributed by atoms with Crippen LogP contribution in [0.4, 0.5) is 16.2 Å². The first-order valence-electron chi connectivity index (χ1n) is 8.67. The number of carbonyl (C=O) groups is 2. The van der Waals surface area contributed by atoms with Crippen LogP contribution < -0.4 is 4.90 Å². The minimum Gasteiger partial charge on any atom is -0.481 e. The highest BCUT2D eigenvalue weighted by Crippen LogP contribution is 2.34. The third-order valence-electron chi connectivity index (χ3n) is 4.32. The summed E-state index contributed by atoms with van der Waals surface area (Å²) in [6, 6.07) is 3.95. The quantitative estimate of drug-likeness (QED) is 0.390. The van der Waals surface area contributed by atoms with Crippen molar-refractivity contribution in [2.75, 3.05) is 31.1 Å². The van der Waals surface area contributed by atoms with Crippen LogP contribution in [0.1, 0.15) is 26.2 Å². The van der Waals surface area contributed by atoms with Gasteiger partial charge in [0.15, 0.2) is 0 Å². The van der Waals surface area contributed by atoms with Crippen molar-refractivity contribution in [2.45, 2.75) is 32.2 Å². The molecule has 0 saturated carbocycles. The molecule has 27 heavy (non-hydrogen) atoms. The zero-order valence-electron chi connectivity index (χ0n) is 15.0.